The van der Waals surface area contributed by atoms with E-state index in [2.05, 4.69) is 10.2 Å². The molecule has 0 bridgehead atoms. The molecule has 76 valence electrons. The van der Waals surface area contributed by atoms with E-state index in [0.717, 1.165) is 5.56 Å². The Morgan fingerprint density at radius 1 is 1.20 bits per heavy atom. The van der Waals surface area contributed by atoms with Crippen LogP contribution in [0, 0.1) is 0 Å². The smallest absolute Gasteiger partial charge is 0.270 e. The van der Waals surface area contributed by atoms with Gasteiger partial charge in [0.05, 0.1) is 11.5 Å². The van der Waals surface area contributed by atoms with Crippen LogP contribution in [0.1, 0.15) is 12.0 Å². The normalized spacial score (nSPS) is 16.0. The Morgan fingerprint density at radius 3 is 2.67 bits per heavy atom. The fourth-order valence-corrected chi connectivity index (χ4v) is 1.71. The molecule has 0 unspecified atom stereocenters. The van der Waals surface area contributed by atoms with Crippen LogP contribution in [0.15, 0.2) is 39.5 Å². The molecule has 0 fully saturated rings. The minimum absolute atomic E-state index is 0.104. The van der Waals surface area contributed by atoms with E-state index in [9.17, 15) is 4.79 Å². The Balaban J connectivity index is 2.44. The Hall–Kier alpha value is -1.19. The summed E-state index contributed by atoms with van der Waals surface area (Å²) < 4.78 is 0. The van der Waals surface area contributed by atoms with Gasteiger partial charge < -0.3 is 0 Å². The largest absolute Gasteiger partial charge is 0.270 e. The summed E-state index contributed by atoms with van der Waals surface area (Å²) in [5.41, 5.74) is 1.28. The minimum atomic E-state index is -0.328. The minimum Gasteiger partial charge on any atom is -0.270 e. The molecule has 0 saturated heterocycles. The van der Waals surface area contributed by atoms with Gasteiger partial charge in [0.1, 0.15) is 5.70 Å². The molecule has 3 nitrogen and oxygen atoms in total. The highest BCUT2D eigenvalue weighted by Gasteiger charge is 2.16. The lowest BCUT2D eigenvalue weighted by molar-refractivity contribution is -0.117. The molecule has 1 aromatic carbocycles. The molecule has 0 aliphatic carbocycles. The van der Waals surface area contributed by atoms with Gasteiger partial charge >= 0.3 is 0 Å². The van der Waals surface area contributed by atoms with Crippen LogP contribution in [-0.4, -0.2) is 5.91 Å². The van der Waals surface area contributed by atoms with Crippen LogP contribution >= 0.6 is 23.2 Å². The van der Waals surface area contributed by atoms with E-state index in [0.29, 0.717) is 15.8 Å². The Kier molecular flexibility index (Phi) is 2.84. The van der Waals surface area contributed by atoms with Gasteiger partial charge in [0.15, 0.2) is 0 Å². The van der Waals surface area contributed by atoms with Gasteiger partial charge in [0.25, 0.3) is 5.91 Å². The number of carbonyl (C=O) groups excluding carboxylic acids is 1. The number of hydrogen-bond donors (Lipinski definition) is 0. The van der Waals surface area contributed by atoms with Crippen molar-refractivity contribution in [3.63, 3.8) is 0 Å². The van der Waals surface area contributed by atoms with E-state index in [4.69, 9.17) is 23.2 Å². The lowest BCUT2D eigenvalue weighted by atomic mass is 10.1. The monoisotopic (exact) mass is 240 g/mol. The molecule has 1 aromatic rings. The highest BCUT2D eigenvalue weighted by Crippen LogP contribution is 2.30. The first-order chi connectivity index (χ1) is 7.16. The number of azo groups is 1. The molecule has 15 heavy (non-hydrogen) atoms. The third kappa shape index (κ3) is 2.25. The Morgan fingerprint density at radius 2 is 2.00 bits per heavy atom. The molecular formula is C10H6Cl2N2O. The molecule has 0 radical (unpaired) electrons. The lowest BCUT2D eigenvalue weighted by Crippen LogP contribution is -1.99. The van der Waals surface area contributed by atoms with Crippen molar-refractivity contribution < 1.29 is 4.79 Å². The summed E-state index contributed by atoms with van der Waals surface area (Å²) in [7, 11) is 0. The van der Waals surface area contributed by atoms with Crippen molar-refractivity contribution in [1.82, 2.24) is 0 Å². The molecule has 0 saturated carbocycles. The van der Waals surface area contributed by atoms with Gasteiger partial charge in [-0.05, 0) is 12.1 Å². The first-order valence-electron chi connectivity index (χ1n) is 4.26. The Bertz CT molecular complexity index is 480. The highest BCUT2D eigenvalue weighted by atomic mass is 35.5. The van der Waals surface area contributed by atoms with E-state index in [1.54, 1.807) is 18.2 Å². The molecule has 0 atom stereocenters. The van der Waals surface area contributed by atoms with Crippen LogP contribution in [0.4, 0.5) is 0 Å². The van der Waals surface area contributed by atoms with Gasteiger partial charge in [-0.1, -0.05) is 35.3 Å². The first kappa shape index (κ1) is 10.3. The predicted octanol–water partition coefficient (Wildman–Crippen LogP) is 3.63. The van der Waals surface area contributed by atoms with E-state index in [1.165, 1.54) is 0 Å². The van der Waals surface area contributed by atoms with Gasteiger partial charge in [-0.25, -0.2) is 0 Å². The lowest BCUT2D eigenvalue weighted by Gasteiger charge is -2.08. The van der Waals surface area contributed by atoms with E-state index in [-0.39, 0.29) is 12.3 Å². The number of amides is 1. The predicted molar refractivity (Wildman–Crippen MR) is 58.7 cm³/mol. The summed E-state index contributed by atoms with van der Waals surface area (Å²) in [6.07, 6.45) is 0.104. The average molecular weight is 241 g/mol. The fourth-order valence-electron chi connectivity index (χ4n) is 1.26. The standard InChI is InChI=1S/C10H6Cl2N2O/c11-7-3-1-2-6(4-7)10-8(12)5-9(15)13-14-10/h1-4H,5H2. The SMILES string of the molecule is O=C1CC(Cl)=C(c2cccc(Cl)c2)N=N1. The molecule has 1 aliphatic rings. The second-order valence-corrected chi connectivity index (χ2v) is 3.93. The Labute approximate surface area is 96.4 Å². The van der Waals surface area contributed by atoms with Gasteiger partial charge in [-0.2, -0.15) is 0 Å². The van der Waals surface area contributed by atoms with Crippen molar-refractivity contribution in [3.8, 4) is 0 Å². The first-order valence-corrected chi connectivity index (χ1v) is 5.01. The average Bonchev–Trinajstić information content (AvgIpc) is 2.17. The number of rotatable bonds is 1. The molecule has 0 aromatic heterocycles. The number of halogens is 2. The summed E-state index contributed by atoms with van der Waals surface area (Å²) in [6.45, 7) is 0. The molecule has 1 aliphatic heterocycles. The van der Waals surface area contributed by atoms with Gasteiger partial charge in [-0.15, -0.1) is 10.2 Å². The van der Waals surface area contributed by atoms with Crippen LogP contribution in [0.5, 0.6) is 0 Å². The zero-order chi connectivity index (χ0) is 10.8. The summed E-state index contributed by atoms with van der Waals surface area (Å²) in [5.74, 6) is -0.328. The van der Waals surface area contributed by atoms with E-state index < -0.39 is 0 Å². The summed E-state index contributed by atoms with van der Waals surface area (Å²) >= 11 is 11.8. The highest BCUT2D eigenvalue weighted by molar-refractivity contribution is 6.34. The van der Waals surface area contributed by atoms with Gasteiger partial charge in [-0.3, -0.25) is 4.79 Å². The van der Waals surface area contributed by atoms with Crippen LogP contribution < -0.4 is 0 Å². The summed E-state index contributed by atoms with van der Waals surface area (Å²) in [6, 6.07) is 7.10. The molecule has 0 spiro atoms. The number of carbonyl (C=O) groups is 1. The van der Waals surface area contributed by atoms with Crippen LogP contribution in [-0.2, 0) is 4.79 Å². The van der Waals surface area contributed by atoms with E-state index in [1.807, 2.05) is 6.07 Å². The zero-order valence-corrected chi connectivity index (χ0v) is 9.09. The van der Waals surface area contributed by atoms with Gasteiger partial charge in [0.2, 0.25) is 0 Å². The van der Waals surface area contributed by atoms with Crippen LogP contribution in [0.3, 0.4) is 0 Å². The van der Waals surface area contributed by atoms with Crippen LogP contribution in [0.25, 0.3) is 5.70 Å². The number of nitrogens with zero attached hydrogens (tertiary/aromatic N) is 2. The van der Waals surface area contributed by atoms with Crippen LogP contribution in [0.2, 0.25) is 5.02 Å². The van der Waals surface area contributed by atoms with Gasteiger partial charge in [0, 0.05) is 10.6 Å². The second-order valence-electron chi connectivity index (χ2n) is 3.03. The zero-order valence-electron chi connectivity index (χ0n) is 7.58. The maximum atomic E-state index is 10.9. The fraction of sp³-hybridized carbons (Fsp3) is 0.100. The molecular weight excluding hydrogens is 235 g/mol. The molecule has 1 amide bonds. The number of benzene rings is 1. The topological polar surface area (TPSA) is 41.8 Å². The van der Waals surface area contributed by atoms with Crippen molar-refractivity contribution in [2.24, 2.45) is 10.2 Å². The van der Waals surface area contributed by atoms with Crippen molar-refractivity contribution in [3.05, 3.63) is 39.9 Å². The van der Waals surface area contributed by atoms with Crippen molar-refractivity contribution >= 4 is 34.8 Å². The third-order valence-corrected chi connectivity index (χ3v) is 2.47. The summed E-state index contributed by atoms with van der Waals surface area (Å²) in [4.78, 5) is 10.9. The third-order valence-electron chi connectivity index (χ3n) is 1.92. The molecule has 1 heterocycles. The number of hydrogen-bond acceptors (Lipinski definition) is 2. The maximum absolute atomic E-state index is 10.9. The van der Waals surface area contributed by atoms with Crippen molar-refractivity contribution in [1.29, 1.82) is 0 Å². The molecule has 2 rings (SSSR count). The summed E-state index contributed by atoms with van der Waals surface area (Å²) in [5, 5.41) is 8.23. The quantitative estimate of drug-likeness (QED) is 0.740. The van der Waals surface area contributed by atoms with Crippen molar-refractivity contribution in [2.75, 3.05) is 0 Å². The van der Waals surface area contributed by atoms with Crippen molar-refractivity contribution in [2.45, 2.75) is 6.42 Å². The molecule has 5 heteroatoms. The second kappa shape index (κ2) is 4.13. The maximum Gasteiger partial charge on any atom is 0.270 e. The molecule has 0 N–H and O–H groups in total. The van der Waals surface area contributed by atoms with E-state index >= 15 is 0 Å².